The Morgan fingerprint density at radius 3 is 1.74 bits per heavy atom. The standard InChI is InChI=1S/C28H23N3/c1-21(10-8-9-19-29)22-15-17-25(18-16-22)28-30-26(23-11-4-2-5-12-23)20-27(31-28)24-13-6-3-7-14-24/h2-20H,1,29H2/b10-8-,19-9-. The maximum absolute atomic E-state index is 5.37. The van der Waals surface area contributed by atoms with E-state index >= 15 is 0 Å². The molecule has 0 radical (unpaired) electrons. The number of benzene rings is 3. The van der Waals surface area contributed by atoms with Crippen molar-refractivity contribution in [1.82, 2.24) is 9.97 Å². The lowest BCUT2D eigenvalue weighted by Gasteiger charge is -2.10. The van der Waals surface area contributed by atoms with Gasteiger partial charge in [-0.05, 0) is 29.5 Å². The molecule has 0 bridgehead atoms. The minimum atomic E-state index is 0.693. The third-order valence-corrected chi connectivity index (χ3v) is 4.90. The molecule has 0 saturated carbocycles. The molecule has 0 aliphatic rings. The fraction of sp³-hybridized carbons (Fsp3) is 0. The van der Waals surface area contributed by atoms with Gasteiger partial charge in [-0.3, -0.25) is 0 Å². The summed E-state index contributed by atoms with van der Waals surface area (Å²) in [5.41, 5.74) is 12.2. The quantitative estimate of drug-likeness (QED) is 0.374. The summed E-state index contributed by atoms with van der Waals surface area (Å²) in [5, 5.41) is 0. The van der Waals surface area contributed by atoms with Crippen LogP contribution in [-0.2, 0) is 0 Å². The first kappa shape index (κ1) is 20.0. The van der Waals surface area contributed by atoms with E-state index in [2.05, 4.69) is 30.8 Å². The molecule has 0 spiro atoms. The van der Waals surface area contributed by atoms with E-state index in [1.165, 1.54) is 6.20 Å². The first-order valence-electron chi connectivity index (χ1n) is 10.1. The zero-order valence-electron chi connectivity index (χ0n) is 17.1. The molecule has 0 fully saturated rings. The molecule has 150 valence electrons. The van der Waals surface area contributed by atoms with E-state index in [0.717, 1.165) is 39.2 Å². The van der Waals surface area contributed by atoms with Crippen LogP contribution in [0.1, 0.15) is 5.56 Å². The van der Waals surface area contributed by atoms with Gasteiger partial charge in [0.15, 0.2) is 5.82 Å². The molecular weight excluding hydrogens is 378 g/mol. The number of hydrogen-bond donors (Lipinski definition) is 1. The van der Waals surface area contributed by atoms with Crippen LogP contribution in [-0.4, -0.2) is 9.97 Å². The van der Waals surface area contributed by atoms with Gasteiger partial charge in [0.25, 0.3) is 0 Å². The van der Waals surface area contributed by atoms with Crippen molar-refractivity contribution in [2.24, 2.45) is 5.73 Å². The van der Waals surface area contributed by atoms with Crippen molar-refractivity contribution in [3.05, 3.63) is 128 Å². The van der Waals surface area contributed by atoms with Gasteiger partial charge in [0, 0.05) is 16.7 Å². The van der Waals surface area contributed by atoms with Gasteiger partial charge in [0.05, 0.1) is 11.4 Å². The molecule has 3 nitrogen and oxygen atoms in total. The second-order valence-corrected chi connectivity index (χ2v) is 7.04. The van der Waals surface area contributed by atoms with E-state index in [1.807, 2.05) is 78.9 Å². The Kier molecular flexibility index (Phi) is 6.15. The minimum Gasteiger partial charge on any atom is -0.405 e. The van der Waals surface area contributed by atoms with Crippen LogP contribution in [0, 0.1) is 0 Å². The van der Waals surface area contributed by atoms with Gasteiger partial charge in [-0.2, -0.15) is 0 Å². The Labute approximate surface area is 183 Å². The Hall–Kier alpha value is -4.24. The molecule has 0 aliphatic carbocycles. The van der Waals surface area contributed by atoms with Crippen LogP contribution in [0.3, 0.4) is 0 Å². The molecule has 2 N–H and O–H groups in total. The smallest absolute Gasteiger partial charge is 0.160 e. The average Bonchev–Trinajstić information content (AvgIpc) is 2.85. The fourth-order valence-corrected chi connectivity index (χ4v) is 3.26. The van der Waals surface area contributed by atoms with Gasteiger partial charge in [0.2, 0.25) is 0 Å². The third-order valence-electron chi connectivity index (χ3n) is 4.90. The topological polar surface area (TPSA) is 51.8 Å². The van der Waals surface area contributed by atoms with Crippen molar-refractivity contribution >= 4 is 5.57 Å². The second-order valence-electron chi connectivity index (χ2n) is 7.04. The highest BCUT2D eigenvalue weighted by atomic mass is 14.9. The predicted molar refractivity (Wildman–Crippen MR) is 130 cm³/mol. The van der Waals surface area contributed by atoms with Gasteiger partial charge in [-0.15, -0.1) is 0 Å². The van der Waals surface area contributed by atoms with E-state index in [9.17, 15) is 0 Å². The normalized spacial score (nSPS) is 11.2. The van der Waals surface area contributed by atoms with Crippen LogP contribution >= 0.6 is 0 Å². The summed E-state index contributed by atoms with van der Waals surface area (Å²) in [4.78, 5) is 9.73. The number of nitrogens with zero attached hydrogens (tertiary/aromatic N) is 2. The number of allylic oxidation sites excluding steroid dienone is 4. The van der Waals surface area contributed by atoms with Gasteiger partial charge >= 0.3 is 0 Å². The highest BCUT2D eigenvalue weighted by Gasteiger charge is 2.10. The molecule has 4 rings (SSSR count). The average molecular weight is 402 g/mol. The Morgan fingerprint density at radius 2 is 1.23 bits per heavy atom. The fourth-order valence-electron chi connectivity index (χ4n) is 3.26. The lowest BCUT2D eigenvalue weighted by molar-refractivity contribution is 1.18. The summed E-state index contributed by atoms with van der Waals surface area (Å²) in [5.74, 6) is 0.693. The highest BCUT2D eigenvalue weighted by Crippen LogP contribution is 2.28. The Balaban J connectivity index is 1.74. The summed E-state index contributed by atoms with van der Waals surface area (Å²) >= 11 is 0. The molecule has 0 unspecified atom stereocenters. The number of nitrogens with two attached hydrogens (primary N) is 1. The molecule has 0 saturated heterocycles. The van der Waals surface area contributed by atoms with Crippen LogP contribution in [0.4, 0.5) is 0 Å². The largest absolute Gasteiger partial charge is 0.405 e. The number of hydrogen-bond acceptors (Lipinski definition) is 3. The molecule has 1 heterocycles. The van der Waals surface area contributed by atoms with Crippen molar-refractivity contribution < 1.29 is 0 Å². The molecule has 4 aromatic rings. The molecule has 1 aromatic heterocycles. The van der Waals surface area contributed by atoms with Crippen molar-refractivity contribution in [3.8, 4) is 33.9 Å². The third kappa shape index (κ3) is 4.85. The van der Waals surface area contributed by atoms with Crippen LogP contribution in [0.15, 0.2) is 122 Å². The lowest BCUT2D eigenvalue weighted by atomic mass is 10.0. The van der Waals surface area contributed by atoms with E-state index in [0.29, 0.717) is 5.82 Å². The van der Waals surface area contributed by atoms with Crippen molar-refractivity contribution in [2.45, 2.75) is 0 Å². The molecule has 0 aliphatic heterocycles. The number of rotatable bonds is 6. The zero-order valence-corrected chi connectivity index (χ0v) is 17.1. The number of aromatic nitrogens is 2. The van der Waals surface area contributed by atoms with Gasteiger partial charge < -0.3 is 5.73 Å². The van der Waals surface area contributed by atoms with Gasteiger partial charge in [0.1, 0.15) is 0 Å². The van der Waals surface area contributed by atoms with Gasteiger partial charge in [-0.1, -0.05) is 104 Å². The molecular formula is C28H23N3. The van der Waals surface area contributed by atoms with Crippen molar-refractivity contribution in [3.63, 3.8) is 0 Å². The molecule has 0 amide bonds. The van der Waals surface area contributed by atoms with E-state index in [4.69, 9.17) is 15.7 Å². The second kappa shape index (κ2) is 9.51. The summed E-state index contributed by atoms with van der Waals surface area (Å²) in [6.07, 6.45) is 7.06. The van der Waals surface area contributed by atoms with E-state index in [-0.39, 0.29) is 0 Å². The summed E-state index contributed by atoms with van der Waals surface area (Å²) in [7, 11) is 0. The maximum Gasteiger partial charge on any atom is 0.160 e. The summed E-state index contributed by atoms with van der Waals surface area (Å²) in [6, 6.07) is 30.5. The monoisotopic (exact) mass is 401 g/mol. The maximum atomic E-state index is 5.37. The van der Waals surface area contributed by atoms with E-state index in [1.54, 1.807) is 6.08 Å². The van der Waals surface area contributed by atoms with Crippen LogP contribution in [0.25, 0.3) is 39.5 Å². The molecule has 31 heavy (non-hydrogen) atoms. The first-order chi connectivity index (χ1) is 15.2. The Morgan fingerprint density at radius 1 is 0.677 bits per heavy atom. The Bertz CT molecular complexity index is 1160. The van der Waals surface area contributed by atoms with Crippen molar-refractivity contribution in [1.29, 1.82) is 0 Å². The highest BCUT2D eigenvalue weighted by molar-refractivity contribution is 5.75. The van der Waals surface area contributed by atoms with Crippen LogP contribution < -0.4 is 5.73 Å². The van der Waals surface area contributed by atoms with Gasteiger partial charge in [-0.25, -0.2) is 9.97 Å². The summed E-state index contributed by atoms with van der Waals surface area (Å²) in [6.45, 7) is 4.11. The van der Waals surface area contributed by atoms with E-state index < -0.39 is 0 Å². The summed E-state index contributed by atoms with van der Waals surface area (Å²) < 4.78 is 0. The zero-order chi connectivity index (χ0) is 21.5. The molecule has 3 heteroatoms. The SMILES string of the molecule is C=C(/C=C\C=C/N)c1ccc(-c2nc(-c3ccccc3)cc(-c3ccccc3)n2)cc1. The first-order valence-corrected chi connectivity index (χ1v) is 10.1. The van der Waals surface area contributed by atoms with Crippen LogP contribution in [0.5, 0.6) is 0 Å². The van der Waals surface area contributed by atoms with Crippen molar-refractivity contribution in [2.75, 3.05) is 0 Å². The minimum absolute atomic E-state index is 0.693. The molecule has 0 atom stereocenters. The predicted octanol–water partition coefficient (Wildman–Crippen LogP) is 6.52. The lowest BCUT2D eigenvalue weighted by Crippen LogP contribution is -1.96. The van der Waals surface area contributed by atoms with Crippen LogP contribution in [0.2, 0.25) is 0 Å². The molecule has 3 aromatic carbocycles.